The number of hydrogen-bond acceptors (Lipinski definition) is 5. The van der Waals surface area contributed by atoms with Crippen molar-refractivity contribution in [1.82, 2.24) is 10.2 Å². The minimum atomic E-state index is -4.20. The summed E-state index contributed by atoms with van der Waals surface area (Å²) >= 11 is 15.9. The fourth-order valence-corrected chi connectivity index (χ4v) is 6.54. The lowest BCUT2D eigenvalue weighted by Crippen LogP contribution is -2.52. The Labute approximate surface area is 272 Å². The van der Waals surface area contributed by atoms with Gasteiger partial charge in [0.1, 0.15) is 18.3 Å². The van der Waals surface area contributed by atoms with E-state index in [0.717, 1.165) is 17.1 Å². The molecule has 0 aromatic heterocycles. The van der Waals surface area contributed by atoms with E-state index in [4.69, 9.17) is 27.9 Å². The van der Waals surface area contributed by atoms with Crippen molar-refractivity contribution in [2.45, 2.75) is 57.5 Å². The topological polar surface area (TPSA) is 96.0 Å². The highest BCUT2D eigenvalue weighted by molar-refractivity contribution is 9.10. The first-order valence-electron chi connectivity index (χ1n) is 14.0. The maximum absolute atomic E-state index is 14.2. The highest BCUT2D eigenvalue weighted by Crippen LogP contribution is 2.28. The molecule has 0 radical (unpaired) electrons. The van der Waals surface area contributed by atoms with Crippen molar-refractivity contribution in [2.24, 2.45) is 0 Å². The van der Waals surface area contributed by atoms with Gasteiger partial charge in [-0.25, -0.2) is 8.42 Å². The largest absolute Gasteiger partial charge is 0.494 e. The van der Waals surface area contributed by atoms with E-state index >= 15 is 0 Å². The molecule has 0 heterocycles. The molecule has 3 aromatic rings. The molecule has 0 unspecified atom stereocenters. The van der Waals surface area contributed by atoms with Crippen LogP contribution in [0.3, 0.4) is 0 Å². The third-order valence-corrected chi connectivity index (χ3v) is 9.59. The van der Waals surface area contributed by atoms with Crippen molar-refractivity contribution in [1.29, 1.82) is 0 Å². The first kappa shape index (κ1) is 34.7. The molecule has 2 amide bonds. The Morgan fingerprint density at radius 2 is 1.65 bits per heavy atom. The molecule has 0 aliphatic carbocycles. The van der Waals surface area contributed by atoms with Gasteiger partial charge < -0.3 is 15.0 Å². The van der Waals surface area contributed by atoms with Gasteiger partial charge in [0.25, 0.3) is 10.0 Å². The summed E-state index contributed by atoms with van der Waals surface area (Å²) in [6.07, 6.45) is 1.98. The Bertz CT molecular complexity index is 1490. The molecule has 0 aliphatic heterocycles. The quantitative estimate of drug-likeness (QED) is 0.170. The number of halogens is 3. The molecule has 3 rings (SSSR count). The van der Waals surface area contributed by atoms with Crippen LogP contribution >= 0.6 is 39.1 Å². The second-order valence-corrected chi connectivity index (χ2v) is 13.3. The van der Waals surface area contributed by atoms with Crippen molar-refractivity contribution in [2.75, 3.05) is 24.0 Å². The molecule has 232 valence electrons. The van der Waals surface area contributed by atoms with Crippen molar-refractivity contribution in [3.8, 4) is 5.75 Å². The molecule has 43 heavy (non-hydrogen) atoms. The summed E-state index contributed by atoms with van der Waals surface area (Å²) in [5.74, 6) is -0.330. The van der Waals surface area contributed by atoms with Crippen LogP contribution in [0.5, 0.6) is 5.75 Å². The van der Waals surface area contributed by atoms with Gasteiger partial charge in [-0.1, -0.05) is 65.5 Å². The summed E-state index contributed by atoms with van der Waals surface area (Å²) in [6.45, 7) is 5.99. The van der Waals surface area contributed by atoms with Gasteiger partial charge in [0.05, 0.1) is 17.2 Å². The number of unbranched alkanes of at least 4 members (excludes halogenated alkanes) is 1. The Hall–Kier alpha value is -2.79. The SMILES string of the molecule is CCCCNC(=O)[C@@H](CC)N(Cc1ccc(Cl)cc1Cl)C(=O)CN(c1ccc(OCC)cc1)S(=O)(=O)c1ccc(Br)cc1. The molecule has 8 nitrogen and oxygen atoms in total. The summed E-state index contributed by atoms with van der Waals surface area (Å²) in [5, 5.41) is 3.67. The zero-order valence-electron chi connectivity index (χ0n) is 24.4. The van der Waals surface area contributed by atoms with Gasteiger partial charge in [-0.05, 0) is 86.0 Å². The summed E-state index contributed by atoms with van der Waals surface area (Å²) in [5.41, 5.74) is 0.840. The fourth-order valence-electron chi connectivity index (χ4n) is 4.40. The zero-order chi connectivity index (χ0) is 31.6. The van der Waals surface area contributed by atoms with Crippen molar-refractivity contribution >= 4 is 66.7 Å². The van der Waals surface area contributed by atoms with Crippen molar-refractivity contribution < 1.29 is 22.7 Å². The van der Waals surface area contributed by atoms with Crippen LogP contribution in [0.4, 0.5) is 5.69 Å². The van der Waals surface area contributed by atoms with E-state index in [1.807, 2.05) is 13.8 Å². The Morgan fingerprint density at radius 1 is 0.977 bits per heavy atom. The van der Waals surface area contributed by atoms with Crippen LogP contribution in [0, 0.1) is 0 Å². The molecular weight excluding hydrogens is 677 g/mol. The lowest BCUT2D eigenvalue weighted by molar-refractivity contribution is -0.140. The molecule has 3 aromatic carbocycles. The Morgan fingerprint density at radius 3 is 2.23 bits per heavy atom. The van der Waals surface area contributed by atoms with Crippen molar-refractivity contribution in [3.05, 3.63) is 86.8 Å². The molecule has 0 fully saturated rings. The number of anilines is 1. The molecule has 0 saturated carbocycles. The first-order chi connectivity index (χ1) is 20.5. The number of ether oxygens (including phenoxy) is 1. The highest BCUT2D eigenvalue weighted by atomic mass is 79.9. The molecule has 0 saturated heterocycles. The number of hydrogen-bond donors (Lipinski definition) is 1. The summed E-state index contributed by atoms with van der Waals surface area (Å²) in [4.78, 5) is 28.9. The number of nitrogens with one attached hydrogen (secondary N) is 1. The van der Waals surface area contributed by atoms with Gasteiger partial charge in [0, 0.05) is 27.6 Å². The normalized spacial score (nSPS) is 12.0. The van der Waals surface area contributed by atoms with E-state index in [2.05, 4.69) is 21.2 Å². The number of benzene rings is 3. The molecular formula is C31H36BrCl2N3O5S. The second kappa shape index (κ2) is 16.3. The fraction of sp³-hybridized carbons (Fsp3) is 0.355. The summed E-state index contributed by atoms with van der Waals surface area (Å²) in [6, 6.07) is 16.7. The molecule has 0 bridgehead atoms. The van der Waals surface area contributed by atoms with E-state index in [1.54, 1.807) is 61.5 Å². The molecule has 1 N–H and O–H groups in total. The maximum atomic E-state index is 14.2. The number of sulfonamides is 1. The average Bonchev–Trinajstić information content (AvgIpc) is 2.97. The highest BCUT2D eigenvalue weighted by Gasteiger charge is 2.34. The van der Waals surface area contributed by atoms with Crippen molar-refractivity contribution in [3.63, 3.8) is 0 Å². The van der Waals surface area contributed by atoms with Crippen LogP contribution in [-0.4, -0.2) is 50.9 Å². The first-order valence-corrected chi connectivity index (χ1v) is 17.0. The second-order valence-electron chi connectivity index (χ2n) is 9.72. The number of rotatable bonds is 15. The summed E-state index contributed by atoms with van der Waals surface area (Å²) in [7, 11) is -4.20. The van der Waals surface area contributed by atoms with Crippen LogP contribution in [-0.2, 0) is 26.2 Å². The third kappa shape index (κ3) is 9.35. The molecule has 12 heteroatoms. The van der Waals surface area contributed by atoms with E-state index < -0.39 is 28.5 Å². The maximum Gasteiger partial charge on any atom is 0.264 e. The Balaban J connectivity index is 2.06. The van der Waals surface area contributed by atoms with Gasteiger partial charge in [-0.15, -0.1) is 0 Å². The van der Waals surface area contributed by atoms with Gasteiger partial charge in [0.15, 0.2) is 0 Å². The summed E-state index contributed by atoms with van der Waals surface area (Å²) < 4.78 is 35.3. The van der Waals surface area contributed by atoms with Crippen LogP contribution in [0.2, 0.25) is 10.0 Å². The van der Waals surface area contributed by atoms with E-state index in [1.165, 1.54) is 17.0 Å². The standard InChI is InChI=1S/C31H36BrCl2N3O5S/c1-4-7-18-35-31(39)29(5-2)36(20-22-8-11-24(33)19-28(22)34)30(38)21-37(25-12-14-26(15-13-25)42-6-3)43(40,41)27-16-9-23(32)10-17-27/h8-17,19,29H,4-7,18,20-21H2,1-3H3,(H,35,39)/t29-/m1/s1. The third-order valence-electron chi connectivity index (χ3n) is 6.69. The molecule has 1 atom stereocenters. The average molecular weight is 714 g/mol. The van der Waals surface area contributed by atoms with Crippen LogP contribution in [0.1, 0.15) is 45.6 Å². The van der Waals surface area contributed by atoms with Gasteiger partial charge in [-0.3, -0.25) is 13.9 Å². The van der Waals surface area contributed by atoms with E-state index in [-0.39, 0.29) is 23.0 Å². The molecule has 0 aliphatic rings. The van der Waals surface area contributed by atoms with Gasteiger partial charge in [-0.2, -0.15) is 0 Å². The van der Waals surface area contributed by atoms with E-state index in [9.17, 15) is 18.0 Å². The number of amides is 2. The number of nitrogens with zero attached hydrogens (tertiary/aromatic N) is 2. The predicted octanol–water partition coefficient (Wildman–Crippen LogP) is 7.07. The lowest BCUT2D eigenvalue weighted by Gasteiger charge is -2.33. The monoisotopic (exact) mass is 711 g/mol. The van der Waals surface area contributed by atoms with Crippen LogP contribution < -0.4 is 14.4 Å². The minimum Gasteiger partial charge on any atom is -0.494 e. The lowest BCUT2D eigenvalue weighted by atomic mass is 10.1. The minimum absolute atomic E-state index is 0.00836. The number of carbonyl (C=O) groups is 2. The smallest absolute Gasteiger partial charge is 0.264 e. The van der Waals surface area contributed by atoms with E-state index in [0.29, 0.717) is 45.4 Å². The predicted molar refractivity (Wildman–Crippen MR) is 175 cm³/mol. The van der Waals surface area contributed by atoms with Crippen LogP contribution in [0.25, 0.3) is 0 Å². The van der Waals surface area contributed by atoms with Gasteiger partial charge >= 0.3 is 0 Å². The zero-order valence-corrected chi connectivity index (χ0v) is 28.3. The van der Waals surface area contributed by atoms with Gasteiger partial charge in [0.2, 0.25) is 11.8 Å². The number of carbonyl (C=O) groups excluding carboxylic acids is 2. The molecule has 0 spiro atoms. The van der Waals surface area contributed by atoms with Crippen LogP contribution in [0.15, 0.2) is 76.1 Å². The Kier molecular flexibility index (Phi) is 13.2.